The Balaban J connectivity index is 1.76. The van der Waals surface area contributed by atoms with Gasteiger partial charge in [0, 0.05) is 24.8 Å². The molecule has 2 unspecified atom stereocenters. The van der Waals surface area contributed by atoms with Gasteiger partial charge in [-0.2, -0.15) is 4.31 Å². The van der Waals surface area contributed by atoms with Crippen molar-refractivity contribution in [3.8, 4) is 11.6 Å². The Morgan fingerprint density at radius 3 is 2.68 bits per heavy atom. The Morgan fingerprint density at radius 1 is 1.32 bits per heavy atom. The highest BCUT2D eigenvalue weighted by atomic mass is 32.2. The normalized spacial score (nSPS) is 19.9. The Morgan fingerprint density at radius 2 is 2.07 bits per heavy atom. The summed E-state index contributed by atoms with van der Waals surface area (Å²) in [5.74, 6) is 0.477. The van der Waals surface area contributed by atoms with Crippen LogP contribution in [0, 0.1) is 0 Å². The number of rotatable bonds is 7. The highest BCUT2D eigenvalue weighted by Gasteiger charge is 2.40. The molecule has 0 radical (unpaired) electrons. The first-order valence-corrected chi connectivity index (χ1v) is 10.1. The first kappa shape index (κ1) is 20.0. The van der Waals surface area contributed by atoms with Crippen molar-refractivity contribution in [1.82, 2.24) is 14.6 Å². The number of amides is 1. The van der Waals surface area contributed by atoms with Crippen LogP contribution in [-0.4, -0.2) is 54.0 Å². The molecule has 1 aliphatic rings. The molecule has 1 amide bonds. The van der Waals surface area contributed by atoms with E-state index in [4.69, 9.17) is 4.74 Å². The minimum absolute atomic E-state index is 0.0787. The number of ether oxygens (including phenoxy) is 1. The number of aliphatic hydroxyl groups is 1. The first-order chi connectivity index (χ1) is 13.4. The molecule has 2 aromatic rings. The molecule has 2 N–H and O–H groups in total. The molecule has 1 fully saturated rings. The SMILES string of the molecule is C=CC(=O)NC1CC(CO)N(S(=O)(=O)c2ccc(Oc3ccccn3)cc2)C1. The van der Waals surface area contributed by atoms with Crippen LogP contribution in [0.15, 0.2) is 66.2 Å². The zero-order valence-electron chi connectivity index (χ0n) is 15.1. The summed E-state index contributed by atoms with van der Waals surface area (Å²) in [5.41, 5.74) is 0. The molecule has 28 heavy (non-hydrogen) atoms. The summed E-state index contributed by atoms with van der Waals surface area (Å²) in [7, 11) is -3.84. The lowest BCUT2D eigenvalue weighted by Gasteiger charge is -2.22. The third-order valence-electron chi connectivity index (χ3n) is 4.40. The maximum Gasteiger partial charge on any atom is 0.243 e. The smallest absolute Gasteiger partial charge is 0.243 e. The van der Waals surface area contributed by atoms with Crippen LogP contribution >= 0.6 is 0 Å². The number of nitrogens with one attached hydrogen (secondary N) is 1. The summed E-state index contributed by atoms with van der Waals surface area (Å²) >= 11 is 0. The van der Waals surface area contributed by atoms with E-state index in [1.54, 1.807) is 36.5 Å². The van der Waals surface area contributed by atoms with Crippen molar-refractivity contribution in [2.45, 2.75) is 23.4 Å². The zero-order valence-corrected chi connectivity index (χ0v) is 15.9. The number of carbonyl (C=O) groups excluding carboxylic acids is 1. The van der Waals surface area contributed by atoms with E-state index in [1.165, 1.54) is 16.4 Å². The Kier molecular flexibility index (Phi) is 6.08. The molecule has 2 heterocycles. The van der Waals surface area contributed by atoms with Gasteiger partial charge >= 0.3 is 0 Å². The van der Waals surface area contributed by atoms with Crippen LogP contribution in [0.4, 0.5) is 0 Å². The lowest BCUT2D eigenvalue weighted by atomic mass is 10.2. The second kappa shape index (κ2) is 8.51. The Bertz CT molecular complexity index is 932. The summed E-state index contributed by atoms with van der Waals surface area (Å²) in [6.45, 7) is 3.14. The molecule has 1 saturated heterocycles. The minimum atomic E-state index is -3.84. The molecule has 0 saturated carbocycles. The maximum atomic E-state index is 13.0. The van der Waals surface area contributed by atoms with E-state index in [-0.39, 0.29) is 30.0 Å². The van der Waals surface area contributed by atoms with Crippen molar-refractivity contribution in [2.24, 2.45) is 0 Å². The van der Waals surface area contributed by atoms with Crippen LogP contribution in [0.3, 0.4) is 0 Å². The van der Waals surface area contributed by atoms with Crippen LogP contribution in [0.1, 0.15) is 6.42 Å². The number of nitrogens with zero attached hydrogens (tertiary/aromatic N) is 2. The van der Waals surface area contributed by atoms with Crippen molar-refractivity contribution in [3.05, 3.63) is 61.3 Å². The van der Waals surface area contributed by atoms with Crippen LogP contribution < -0.4 is 10.1 Å². The summed E-state index contributed by atoms with van der Waals surface area (Å²) in [6.07, 6.45) is 3.06. The number of carbonyl (C=O) groups is 1. The highest BCUT2D eigenvalue weighted by Crippen LogP contribution is 2.28. The molecule has 0 spiro atoms. The molecule has 0 bridgehead atoms. The molecular weight excluding hydrogens is 382 g/mol. The van der Waals surface area contributed by atoms with Crippen LogP contribution in [0.25, 0.3) is 0 Å². The third kappa shape index (κ3) is 4.38. The lowest BCUT2D eigenvalue weighted by Crippen LogP contribution is -2.39. The minimum Gasteiger partial charge on any atom is -0.439 e. The summed E-state index contributed by atoms with van der Waals surface area (Å²) in [6, 6.07) is 10.2. The summed E-state index contributed by atoms with van der Waals surface area (Å²) < 4.78 is 32.8. The highest BCUT2D eigenvalue weighted by molar-refractivity contribution is 7.89. The van der Waals surface area contributed by atoms with Gasteiger partial charge in [0.05, 0.1) is 17.5 Å². The second-order valence-electron chi connectivity index (χ2n) is 6.30. The molecule has 9 heteroatoms. The van der Waals surface area contributed by atoms with E-state index >= 15 is 0 Å². The fraction of sp³-hybridized carbons (Fsp3) is 0.263. The largest absolute Gasteiger partial charge is 0.439 e. The Hall–Kier alpha value is -2.75. The van der Waals surface area contributed by atoms with Crippen LogP contribution in [-0.2, 0) is 14.8 Å². The molecule has 148 valence electrons. The van der Waals surface area contributed by atoms with Crippen molar-refractivity contribution in [3.63, 3.8) is 0 Å². The molecule has 1 aromatic heterocycles. The van der Waals surface area contributed by atoms with Crippen molar-refractivity contribution in [1.29, 1.82) is 0 Å². The monoisotopic (exact) mass is 403 g/mol. The number of aliphatic hydroxyl groups excluding tert-OH is 1. The average molecular weight is 403 g/mol. The number of pyridine rings is 1. The van der Waals surface area contributed by atoms with Gasteiger partial charge in [-0.1, -0.05) is 12.6 Å². The number of benzene rings is 1. The van der Waals surface area contributed by atoms with Gasteiger partial charge in [-0.3, -0.25) is 4.79 Å². The van der Waals surface area contributed by atoms with Gasteiger partial charge in [0.25, 0.3) is 0 Å². The predicted octanol–water partition coefficient (Wildman–Crippen LogP) is 1.30. The second-order valence-corrected chi connectivity index (χ2v) is 8.19. The third-order valence-corrected chi connectivity index (χ3v) is 6.33. The predicted molar refractivity (Wildman–Crippen MR) is 102 cm³/mol. The lowest BCUT2D eigenvalue weighted by molar-refractivity contribution is -0.117. The van der Waals surface area contributed by atoms with Gasteiger partial charge in [0.2, 0.25) is 21.8 Å². The van der Waals surface area contributed by atoms with Gasteiger partial charge in [-0.05, 0) is 42.8 Å². The quantitative estimate of drug-likeness (QED) is 0.675. The Labute approximate surface area is 163 Å². The number of aromatic nitrogens is 1. The van der Waals surface area contributed by atoms with E-state index < -0.39 is 16.1 Å². The van der Waals surface area contributed by atoms with Crippen molar-refractivity contribution >= 4 is 15.9 Å². The average Bonchev–Trinajstić information content (AvgIpc) is 3.13. The number of sulfonamides is 1. The first-order valence-electron chi connectivity index (χ1n) is 8.68. The van der Waals surface area contributed by atoms with E-state index in [2.05, 4.69) is 16.9 Å². The molecule has 3 rings (SSSR count). The van der Waals surface area contributed by atoms with Crippen LogP contribution in [0.2, 0.25) is 0 Å². The van der Waals surface area contributed by atoms with Crippen molar-refractivity contribution < 1.29 is 23.1 Å². The van der Waals surface area contributed by atoms with E-state index in [0.29, 0.717) is 18.1 Å². The maximum absolute atomic E-state index is 13.0. The standard InChI is InChI=1S/C19H21N3O5S/c1-2-18(24)21-14-11-15(13-23)22(12-14)28(25,26)17-8-6-16(7-9-17)27-19-5-3-4-10-20-19/h2-10,14-15,23H,1,11-13H2,(H,21,24). The fourth-order valence-corrected chi connectivity index (χ4v) is 4.73. The van der Waals surface area contributed by atoms with Gasteiger partial charge in [-0.25, -0.2) is 13.4 Å². The summed E-state index contributed by atoms with van der Waals surface area (Å²) in [4.78, 5) is 15.6. The molecule has 0 aliphatic carbocycles. The van der Waals surface area contributed by atoms with Crippen LogP contribution in [0.5, 0.6) is 11.6 Å². The van der Waals surface area contributed by atoms with Crippen molar-refractivity contribution in [2.75, 3.05) is 13.2 Å². The number of hydrogen-bond acceptors (Lipinski definition) is 6. The number of hydrogen-bond donors (Lipinski definition) is 2. The fourth-order valence-electron chi connectivity index (χ4n) is 3.05. The van der Waals surface area contributed by atoms with E-state index in [1.807, 2.05) is 0 Å². The topological polar surface area (TPSA) is 109 Å². The molecule has 8 nitrogen and oxygen atoms in total. The summed E-state index contributed by atoms with van der Waals surface area (Å²) in [5, 5.41) is 12.3. The van der Waals surface area contributed by atoms with Gasteiger partial charge in [0.1, 0.15) is 5.75 Å². The van der Waals surface area contributed by atoms with E-state index in [0.717, 1.165) is 6.08 Å². The molecule has 2 atom stereocenters. The zero-order chi connectivity index (χ0) is 20.1. The van der Waals surface area contributed by atoms with Gasteiger partial charge in [0.15, 0.2) is 0 Å². The van der Waals surface area contributed by atoms with Gasteiger partial charge in [-0.15, -0.1) is 0 Å². The molecular formula is C19H21N3O5S. The molecule has 1 aliphatic heterocycles. The van der Waals surface area contributed by atoms with Gasteiger partial charge < -0.3 is 15.2 Å². The molecule has 1 aromatic carbocycles. The van der Waals surface area contributed by atoms with E-state index in [9.17, 15) is 18.3 Å².